The third-order valence-electron chi connectivity index (χ3n) is 4.93. The van der Waals surface area contributed by atoms with Crippen molar-refractivity contribution in [1.29, 1.82) is 0 Å². The second kappa shape index (κ2) is 8.89. The summed E-state index contributed by atoms with van der Waals surface area (Å²) in [5.41, 5.74) is 1.36. The second-order valence-electron chi connectivity index (χ2n) is 8.51. The van der Waals surface area contributed by atoms with Gasteiger partial charge in [0.15, 0.2) is 5.82 Å². The predicted molar refractivity (Wildman–Crippen MR) is 112 cm³/mol. The van der Waals surface area contributed by atoms with E-state index in [0.29, 0.717) is 24.8 Å². The quantitative estimate of drug-likeness (QED) is 0.613. The number of amides is 1. The zero-order valence-electron chi connectivity index (χ0n) is 18.0. The molecule has 1 saturated heterocycles. The molecule has 164 valence electrons. The zero-order chi connectivity index (χ0) is 21.8. The maximum atomic E-state index is 12.2. The molecular formula is C22H27N5O4. The third-order valence-corrected chi connectivity index (χ3v) is 4.93. The Balaban J connectivity index is 1.26. The minimum atomic E-state index is -0.486. The molecule has 1 amide bonds. The van der Waals surface area contributed by atoms with Crippen molar-refractivity contribution < 1.29 is 18.8 Å². The van der Waals surface area contributed by atoms with Crippen LogP contribution >= 0.6 is 0 Å². The highest BCUT2D eigenvalue weighted by atomic mass is 16.6. The van der Waals surface area contributed by atoms with E-state index in [0.717, 1.165) is 24.1 Å². The van der Waals surface area contributed by atoms with E-state index in [9.17, 15) is 4.79 Å². The van der Waals surface area contributed by atoms with E-state index >= 15 is 0 Å². The Morgan fingerprint density at radius 1 is 1.19 bits per heavy atom. The highest BCUT2D eigenvalue weighted by Gasteiger charge is 2.27. The standard InChI is InChI=1S/C22H27N5O4/c1-22(2,3)30-21(28)26-11-8-18(9-12-26)29-14-19-24-20(31-25-19)16-4-6-17(7-5-16)27-13-10-23-15-27/h4-7,10,13,15,18H,8-9,11-12,14H2,1-3H3. The van der Waals surface area contributed by atoms with Crippen LogP contribution in [-0.4, -0.2) is 55.5 Å². The lowest BCUT2D eigenvalue weighted by molar-refractivity contribution is -0.0190. The van der Waals surface area contributed by atoms with Gasteiger partial charge in [-0.1, -0.05) is 5.16 Å². The SMILES string of the molecule is CC(C)(C)OC(=O)N1CCC(OCc2noc(-c3ccc(-n4ccnc4)cc3)n2)CC1. The number of ether oxygens (including phenoxy) is 2. The summed E-state index contributed by atoms with van der Waals surface area (Å²) < 4.78 is 18.7. The fourth-order valence-electron chi connectivity index (χ4n) is 3.34. The number of benzene rings is 1. The van der Waals surface area contributed by atoms with Crippen molar-refractivity contribution in [2.24, 2.45) is 0 Å². The Labute approximate surface area is 181 Å². The van der Waals surface area contributed by atoms with Gasteiger partial charge in [-0.3, -0.25) is 0 Å². The summed E-state index contributed by atoms with van der Waals surface area (Å²) in [6, 6.07) is 7.80. The summed E-state index contributed by atoms with van der Waals surface area (Å²) in [4.78, 5) is 22.4. The van der Waals surface area contributed by atoms with Crippen molar-refractivity contribution in [3.8, 4) is 17.1 Å². The Kier molecular flexibility index (Phi) is 6.03. The average molecular weight is 425 g/mol. The van der Waals surface area contributed by atoms with Crippen LogP contribution < -0.4 is 0 Å². The van der Waals surface area contributed by atoms with Crippen molar-refractivity contribution in [2.45, 2.75) is 51.9 Å². The number of likely N-dealkylation sites (tertiary alicyclic amines) is 1. The summed E-state index contributed by atoms with van der Waals surface area (Å²) in [7, 11) is 0. The molecule has 1 aliphatic rings. The topological polar surface area (TPSA) is 95.5 Å². The minimum absolute atomic E-state index is 0.0510. The molecule has 0 unspecified atom stereocenters. The third kappa shape index (κ3) is 5.49. The molecule has 0 radical (unpaired) electrons. The summed E-state index contributed by atoms with van der Waals surface area (Å²) >= 11 is 0. The molecule has 0 bridgehead atoms. The Hall–Kier alpha value is -3.20. The fourth-order valence-corrected chi connectivity index (χ4v) is 3.34. The minimum Gasteiger partial charge on any atom is -0.444 e. The highest BCUT2D eigenvalue weighted by Crippen LogP contribution is 2.21. The number of rotatable bonds is 5. The van der Waals surface area contributed by atoms with Gasteiger partial charge in [0, 0.05) is 36.7 Å². The van der Waals surface area contributed by atoms with E-state index in [1.807, 2.05) is 55.8 Å². The summed E-state index contributed by atoms with van der Waals surface area (Å²) in [5, 5.41) is 4.02. The average Bonchev–Trinajstić information content (AvgIpc) is 3.44. The van der Waals surface area contributed by atoms with Crippen LogP contribution in [0.2, 0.25) is 0 Å². The lowest BCUT2D eigenvalue weighted by Crippen LogP contribution is -2.43. The molecule has 0 aliphatic carbocycles. The molecule has 0 atom stereocenters. The first kappa shape index (κ1) is 21.0. The second-order valence-corrected chi connectivity index (χ2v) is 8.51. The van der Waals surface area contributed by atoms with Crippen molar-refractivity contribution in [3.05, 3.63) is 48.8 Å². The van der Waals surface area contributed by atoms with Crippen molar-refractivity contribution >= 4 is 6.09 Å². The van der Waals surface area contributed by atoms with Gasteiger partial charge in [0.1, 0.15) is 12.2 Å². The molecule has 9 nitrogen and oxygen atoms in total. The maximum Gasteiger partial charge on any atom is 0.410 e. The van der Waals surface area contributed by atoms with Crippen LogP contribution in [-0.2, 0) is 16.1 Å². The molecule has 9 heteroatoms. The molecule has 4 rings (SSSR count). The van der Waals surface area contributed by atoms with Crippen LogP contribution in [0.25, 0.3) is 17.1 Å². The van der Waals surface area contributed by atoms with Gasteiger partial charge in [-0.2, -0.15) is 4.98 Å². The number of nitrogens with zero attached hydrogens (tertiary/aromatic N) is 5. The molecule has 0 saturated carbocycles. The van der Waals surface area contributed by atoms with Crippen molar-refractivity contribution in [1.82, 2.24) is 24.6 Å². The molecule has 1 aromatic carbocycles. The van der Waals surface area contributed by atoms with Gasteiger partial charge < -0.3 is 23.5 Å². The van der Waals surface area contributed by atoms with E-state index in [1.54, 1.807) is 17.4 Å². The van der Waals surface area contributed by atoms with Gasteiger partial charge in [0.05, 0.1) is 12.4 Å². The first-order chi connectivity index (χ1) is 14.9. The zero-order valence-corrected chi connectivity index (χ0v) is 18.0. The lowest BCUT2D eigenvalue weighted by atomic mass is 10.1. The molecule has 0 spiro atoms. The number of carbonyl (C=O) groups is 1. The van der Waals surface area contributed by atoms with E-state index in [1.165, 1.54) is 0 Å². The normalized spacial score (nSPS) is 15.3. The smallest absolute Gasteiger partial charge is 0.410 e. The molecule has 3 heterocycles. The van der Waals surface area contributed by atoms with Crippen LogP contribution in [0, 0.1) is 0 Å². The van der Waals surface area contributed by atoms with Crippen molar-refractivity contribution in [2.75, 3.05) is 13.1 Å². The summed E-state index contributed by atoms with van der Waals surface area (Å²) in [5.74, 6) is 0.957. The van der Waals surface area contributed by atoms with Gasteiger partial charge in [0.25, 0.3) is 5.89 Å². The lowest BCUT2D eigenvalue weighted by Gasteiger charge is -2.33. The van der Waals surface area contributed by atoms with Crippen LogP contribution in [0.15, 0.2) is 47.5 Å². The van der Waals surface area contributed by atoms with Crippen molar-refractivity contribution in [3.63, 3.8) is 0 Å². The summed E-state index contributed by atoms with van der Waals surface area (Å²) in [6.45, 7) is 7.10. The van der Waals surface area contributed by atoms with Crippen LogP contribution in [0.1, 0.15) is 39.4 Å². The number of hydrogen-bond donors (Lipinski definition) is 0. The molecular weight excluding hydrogens is 398 g/mol. The van der Waals surface area contributed by atoms with Gasteiger partial charge in [-0.25, -0.2) is 9.78 Å². The number of carbonyl (C=O) groups excluding carboxylic acids is 1. The number of imidazole rings is 1. The van der Waals surface area contributed by atoms with Gasteiger partial charge in [-0.15, -0.1) is 0 Å². The molecule has 1 aliphatic heterocycles. The van der Waals surface area contributed by atoms with Crippen LogP contribution in [0.5, 0.6) is 0 Å². The van der Waals surface area contributed by atoms with Gasteiger partial charge in [-0.05, 0) is 57.9 Å². The van der Waals surface area contributed by atoms with E-state index in [4.69, 9.17) is 14.0 Å². The van der Waals surface area contributed by atoms with Crippen LogP contribution in [0.3, 0.4) is 0 Å². The number of aromatic nitrogens is 4. The maximum absolute atomic E-state index is 12.2. The summed E-state index contributed by atoms with van der Waals surface area (Å²) in [6.07, 6.45) is 6.64. The Morgan fingerprint density at radius 3 is 2.58 bits per heavy atom. The monoisotopic (exact) mass is 425 g/mol. The van der Waals surface area contributed by atoms with Gasteiger partial charge >= 0.3 is 6.09 Å². The van der Waals surface area contributed by atoms with E-state index < -0.39 is 5.60 Å². The highest BCUT2D eigenvalue weighted by molar-refractivity contribution is 5.68. The molecule has 3 aromatic rings. The first-order valence-corrected chi connectivity index (χ1v) is 10.4. The fraction of sp³-hybridized carbons (Fsp3) is 0.455. The predicted octanol–water partition coefficient (Wildman–Crippen LogP) is 3.84. The van der Waals surface area contributed by atoms with E-state index in [-0.39, 0.29) is 18.8 Å². The Bertz CT molecular complexity index is 984. The molecule has 31 heavy (non-hydrogen) atoms. The molecule has 2 aromatic heterocycles. The van der Waals surface area contributed by atoms with Crippen LogP contribution in [0.4, 0.5) is 4.79 Å². The number of piperidine rings is 1. The largest absolute Gasteiger partial charge is 0.444 e. The Morgan fingerprint density at radius 2 is 1.94 bits per heavy atom. The molecule has 0 N–H and O–H groups in total. The first-order valence-electron chi connectivity index (χ1n) is 10.4. The van der Waals surface area contributed by atoms with E-state index in [2.05, 4.69) is 15.1 Å². The van der Waals surface area contributed by atoms with Gasteiger partial charge in [0.2, 0.25) is 0 Å². The number of hydrogen-bond acceptors (Lipinski definition) is 7. The molecule has 1 fully saturated rings.